The Balaban J connectivity index is 2.35. The maximum atomic E-state index is 12.5. The summed E-state index contributed by atoms with van der Waals surface area (Å²) < 4.78 is 67.4. The Labute approximate surface area is 126 Å². The van der Waals surface area contributed by atoms with Gasteiger partial charge in [0, 0.05) is 5.92 Å². The third-order valence-corrected chi connectivity index (χ3v) is 5.78. The first kappa shape index (κ1) is 16.8. The quantitative estimate of drug-likeness (QED) is 0.793. The van der Waals surface area contributed by atoms with E-state index in [2.05, 4.69) is 0 Å². The molecule has 1 aromatic rings. The number of alkyl halides is 3. The van der Waals surface area contributed by atoms with Gasteiger partial charge in [0.2, 0.25) is 0 Å². The molecule has 0 bridgehead atoms. The van der Waals surface area contributed by atoms with Crippen molar-refractivity contribution in [3.05, 3.63) is 29.8 Å². The monoisotopic (exact) mass is 336 g/mol. The summed E-state index contributed by atoms with van der Waals surface area (Å²) in [5.41, 5.74) is -0.939. The smallest absolute Gasteiger partial charge is 0.416 e. The molecule has 8 heteroatoms. The van der Waals surface area contributed by atoms with E-state index in [1.165, 1.54) is 0 Å². The average Bonchev–Trinajstić information content (AvgIpc) is 2.80. The fourth-order valence-electron chi connectivity index (χ4n) is 2.52. The molecule has 4 nitrogen and oxygen atoms in total. The summed E-state index contributed by atoms with van der Waals surface area (Å²) in [5, 5.41) is -1.34. The lowest BCUT2D eigenvalue weighted by Gasteiger charge is -2.15. The van der Waals surface area contributed by atoms with E-state index in [-0.39, 0.29) is 11.5 Å². The molecule has 1 fully saturated rings. The van der Waals surface area contributed by atoms with Gasteiger partial charge in [-0.2, -0.15) is 13.2 Å². The second-order valence-corrected chi connectivity index (χ2v) is 7.24. The van der Waals surface area contributed by atoms with Crippen molar-refractivity contribution in [3.63, 3.8) is 0 Å². The van der Waals surface area contributed by atoms with Crippen LogP contribution in [0.15, 0.2) is 29.2 Å². The predicted octanol–water partition coefficient (Wildman–Crippen LogP) is 2.82. The van der Waals surface area contributed by atoms with Gasteiger partial charge in [0.25, 0.3) is 0 Å². The number of esters is 1. The van der Waals surface area contributed by atoms with Crippen LogP contribution in [0, 0.1) is 5.92 Å². The van der Waals surface area contributed by atoms with E-state index in [9.17, 15) is 26.4 Å². The van der Waals surface area contributed by atoms with Gasteiger partial charge in [-0.3, -0.25) is 4.79 Å². The molecule has 1 saturated heterocycles. The van der Waals surface area contributed by atoms with Gasteiger partial charge in [0.1, 0.15) is 0 Å². The van der Waals surface area contributed by atoms with Crippen molar-refractivity contribution in [1.82, 2.24) is 0 Å². The highest BCUT2D eigenvalue weighted by Crippen LogP contribution is 2.33. The fraction of sp³-hybridized carbons (Fsp3) is 0.500. The lowest BCUT2D eigenvalue weighted by molar-refractivity contribution is -0.138. The zero-order valence-electron chi connectivity index (χ0n) is 11.8. The van der Waals surface area contributed by atoms with Gasteiger partial charge in [-0.25, -0.2) is 8.42 Å². The standard InChI is InChI=1S/C14H15F3O4S/c1-2-3-9-8-21-13(18)12(9)22(19,20)11-6-4-10(5-7-11)14(15,16)17/h4-7,9,12H,2-3,8H2,1H3/t9-,12?/m0/s1. The van der Waals surface area contributed by atoms with Crippen LogP contribution in [-0.4, -0.2) is 26.2 Å². The molecule has 0 spiro atoms. The molecule has 2 rings (SSSR count). The van der Waals surface area contributed by atoms with Gasteiger partial charge in [0.05, 0.1) is 17.1 Å². The fourth-order valence-corrected chi connectivity index (χ4v) is 4.37. The highest BCUT2D eigenvalue weighted by Gasteiger charge is 2.46. The van der Waals surface area contributed by atoms with Crippen molar-refractivity contribution in [1.29, 1.82) is 0 Å². The molecule has 1 aromatic carbocycles. The van der Waals surface area contributed by atoms with E-state index < -0.39 is 38.7 Å². The maximum Gasteiger partial charge on any atom is 0.416 e. The van der Waals surface area contributed by atoms with Crippen molar-refractivity contribution < 1.29 is 31.1 Å². The second kappa shape index (κ2) is 5.91. The minimum atomic E-state index is -4.54. The van der Waals surface area contributed by atoms with E-state index in [0.717, 1.165) is 12.1 Å². The van der Waals surface area contributed by atoms with Crippen LogP contribution in [0.5, 0.6) is 0 Å². The van der Waals surface area contributed by atoms with Crippen molar-refractivity contribution in [2.45, 2.75) is 36.1 Å². The SMILES string of the molecule is CCC[C@H]1COC(=O)C1S(=O)(=O)c1ccc(C(F)(F)F)cc1. The molecular weight excluding hydrogens is 321 g/mol. The van der Waals surface area contributed by atoms with E-state index >= 15 is 0 Å². The molecular formula is C14H15F3O4S. The number of sulfone groups is 1. The van der Waals surface area contributed by atoms with Crippen molar-refractivity contribution in [3.8, 4) is 0 Å². The van der Waals surface area contributed by atoms with E-state index in [1.807, 2.05) is 6.92 Å². The Kier molecular flexibility index (Phi) is 4.51. The first-order chi connectivity index (χ1) is 10.2. The first-order valence-electron chi connectivity index (χ1n) is 6.75. The number of rotatable bonds is 4. The summed E-state index contributed by atoms with van der Waals surface area (Å²) in [4.78, 5) is 11.4. The van der Waals surface area contributed by atoms with Crippen LogP contribution in [0.2, 0.25) is 0 Å². The zero-order valence-corrected chi connectivity index (χ0v) is 12.6. The van der Waals surface area contributed by atoms with Gasteiger partial charge in [-0.1, -0.05) is 13.3 Å². The largest absolute Gasteiger partial charge is 0.464 e. The first-order valence-corrected chi connectivity index (χ1v) is 8.30. The molecule has 0 radical (unpaired) electrons. The normalized spacial score (nSPS) is 22.6. The Morgan fingerprint density at radius 3 is 2.32 bits per heavy atom. The molecule has 0 aromatic heterocycles. The Morgan fingerprint density at radius 2 is 1.82 bits per heavy atom. The van der Waals surface area contributed by atoms with E-state index in [0.29, 0.717) is 25.0 Å². The number of hydrogen-bond donors (Lipinski definition) is 0. The minimum Gasteiger partial charge on any atom is -0.464 e. The highest BCUT2D eigenvalue weighted by atomic mass is 32.2. The summed E-state index contributed by atoms with van der Waals surface area (Å²) in [6, 6.07) is 3.16. The summed E-state index contributed by atoms with van der Waals surface area (Å²) >= 11 is 0. The Morgan fingerprint density at radius 1 is 1.23 bits per heavy atom. The third-order valence-electron chi connectivity index (χ3n) is 3.60. The number of carbonyl (C=O) groups is 1. The minimum absolute atomic E-state index is 0.0250. The van der Waals surface area contributed by atoms with Crippen LogP contribution in [-0.2, 0) is 25.5 Å². The molecule has 0 amide bonds. The lowest BCUT2D eigenvalue weighted by atomic mass is 10.0. The molecule has 122 valence electrons. The summed E-state index contributed by atoms with van der Waals surface area (Å²) in [7, 11) is -4.06. The lowest BCUT2D eigenvalue weighted by Crippen LogP contribution is -2.32. The number of halogens is 3. The number of carbonyl (C=O) groups excluding carboxylic acids is 1. The van der Waals surface area contributed by atoms with Crippen LogP contribution in [0.1, 0.15) is 25.3 Å². The van der Waals surface area contributed by atoms with Gasteiger partial charge in [-0.05, 0) is 30.7 Å². The second-order valence-electron chi connectivity index (χ2n) is 5.17. The summed E-state index contributed by atoms with van der Waals surface area (Å²) in [5.74, 6) is -1.30. The molecule has 1 aliphatic heterocycles. The van der Waals surface area contributed by atoms with Crippen LogP contribution in [0.25, 0.3) is 0 Å². The van der Waals surface area contributed by atoms with Gasteiger partial charge < -0.3 is 4.74 Å². The number of cyclic esters (lactones) is 1. The van der Waals surface area contributed by atoms with Crippen LogP contribution in [0.4, 0.5) is 13.2 Å². The summed E-state index contributed by atoms with van der Waals surface area (Å²) in [6.07, 6.45) is -3.37. The van der Waals surface area contributed by atoms with Crippen molar-refractivity contribution in [2.24, 2.45) is 5.92 Å². The van der Waals surface area contributed by atoms with Crippen LogP contribution in [0.3, 0.4) is 0 Å². The number of hydrogen-bond acceptors (Lipinski definition) is 4. The van der Waals surface area contributed by atoms with Gasteiger partial charge in [0.15, 0.2) is 15.1 Å². The predicted molar refractivity (Wildman–Crippen MR) is 71.8 cm³/mol. The van der Waals surface area contributed by atoms with E-state index in [1.54, 1.807) is 0 Å². The molecule has 2 atom stereocenters. The highest BCUT2D eigenvalue weighted by molar-refractivity contribution is 7.92. The molecule has 1 aliphatic rings. The Bertz CT molecular complexity index is 650. The molecule has 0 saturated carbocycles. The number of benzene rings is 1. The Hall–Kier alpha value is -1.57. The molecule has 1 heterocycles. The van der Waals surface area contributed by atoms with E-state index in [4.69, 9.17) is 4.74 Å². The molecule has 0 N–H and O–H groups in total. The van der Waals surface area contributed by atoms with Gasteiger partial charge in [-0.15, -0.1) is 0 Å². The molecule has 0 aliphatic carbocycles. The average molecular weight is 336 g/mol. The third kappa shape index (κ3) is 3.11. The van der Waals surface area contributed by atoms with Crippen LogP contribution >= 0.6 is 0 Å². The van der Waals surface area contributed by atoms with Crippen molar-refractivity contribution >= 4 is 15.8 Å². The van der Waals surface area contributed by atoms with Crippen molar-refractivity contribution in [2.75, 3.05) is 6.61 Å². The van der Waals surface area contributed by atoms with Gasteiger partial charge >= 0.3 is 12.1 Å². The number of ether oxygens (including phenoxy) is 1. The maximum absolute atomic E-state index is 12.5. The topological polar surface area (TPSA) is 60.4 Å². The zero-order chi connectivity index (χ0) is 16.5. The molecule has 22 heavy (non-hydrogen) atoms. The molecule has 1 unspecified atom stereocenters. The summed E-state index contributed by atoms with van der Waals surface area (Å²) in [6.45, 7) is 1.88. The van der Waals surface area contributed by atoms with Crippen LogP contribution < -0.4 is 0 Å².